The van der Waals surface area contributed by atoms with Gasteiger partial charge in [-0.15, -0.1) is 0 Å². The van der Waals surface area contributed by atoms with Gasteiger partial charge in [0.15, 0.2) is 0 Å². The fourth-order valence-electron chi connectivity index (χ4n) is 2.82. The molecule has 1 aromatic carbocycles. The molecule has 0 aromatic heterocycles. The molecule has 1 N–H and O–H groups in total. The van der Waals surface area contributed by atoms with E-state index in [-0.39, 0.29) is 4.90 Å². The lowest BCUT2D eigenvalue weighted by Gasteiger charge is -2.31. The minimum Gasteiger partial charge on any atom is -0.319 e. The minimum atomic E-state index is -4.70. The van der Waals surface area contributed by atoms with Crippen LogP contribution in [-0.2, 0) is 16.2 Å². The van der Waals surface area contributed by atoms with Gasteiger partial charge < -0.3 is 5.32 Å². The molecule has 24 heavy (non-hydrogen) atoms. The van der Waals surface area contributed by atoms with E-state index in [0.717, 1.165) is 18.7 Å². The quantitative estimate of drug-likeness (QED) is 0.892. The molecule has 0 bridgehead atoms. The highest BCUT2D eigenvalue weighted by molar-refractivity contribution is 7.89. The summed E-state index contributed by atoms with van der Waals surface area (Å²) in [4.78, 5) is -0.279. The molecule has 1 fully saturated rings. The summed E-state index contributed by atoms with van der Waals surface area (Å²) in [6.07, 6.45) is -3.32. The monoisotopic (exact) mass is 361 g/mol. The van der Waals surface area contributed by atoms with E-state index in [4.69, 9.17) is 5.26 Å². The zero-order chi connectivity index (χ0) is 18.0. The minimum absolute atomic E-state index is 0.279. The molecule has 1 aromatic rings. The van der Waals surface area contributed by atoms with Crippen LogP contribution in [0.1, 0.15) is 24.0 Å². The first-order valence-electron chi connectivity index (χ1n) is 7.46. The normalized spacial score (nSPS) is 17.6. The Morgan fingerprint density at radius 3 is 2.46 bits per heavy atom. The first kappa shape index (κ1) is 18.7. The molecule has 0 aliphatic carbocycles. The molecule has 0 spiro atoms. The number of sulfonamides is 1. The van der Waals surface area contributed by atoms with Gasteiger partial charge in [0, 0.05) is 13.1 Å². The molecule has 0 saturated carbocycles. The van der Waals surface area contributed by atoms with Crippen LogP contribution in [0.25, 0.3) is 0 Å². The molecule has 0 radical (unpaired) electrons. The largest absolute Gasteiger partial charge is 0.417 e. The fourth-order valence-corrected chi connectivity index (χ4v) is 4.31. The van der Waals surface area contributed by atoms with Gasteiger partial charge >= 0.3 is 6.18 Å². The number of rotatable bonds is 4. The Bertz CT molecular complexity index is 733. The third kappa shape index (κ3) is 3.88. The number of nitrogens with one attached hydrogen (secondary N) is 1. The second-order valence-electron chi connectivity index (χ2n) is 5.72. The predicted octanol–water partition coefficient (Wildman–Crippen LogP) is 2.20. The fraction of sp³-hybridized carbons (Fsp3) is 0.533. The van der Waals surface area contributed by atoms with Crippen LogP contribution in [0.5, 0.6) is 0 Å². The van der Waals surface area contributed by atoms with Crippen LogP contribution >= 0.6 is 0 Å². The van der Waals surface area contributed by atoms with Gasteiger partial charge in [-0.2, -0.15) is 22.7 Å². The number of hydrogen-bond donors (Lipinski definition) is 1. The molecule has 1 aliphatic heterocycles. The third-order valence-corrected chi connectivity index (χ3v) is 6.02. The highest BCUT2D eigenvalue weighted by atomic mass is 32.2. The van der Waals surface area contributed by atoms with E-state index in [1.807, 2.05) is 7.05 Å². The Morgan fingerprint density at radius 2 is 1.96 bits per heavy atom. The molecule has 0 amide bonds. The Kier molecular flexibility index (Phi) is 5.52. The first-order valence-corrected chi connectivity index (χ1v) is 8.90. The summed E-state index contributed by atoms with van der Waals surface area (Å²) in [6.45, 7) is 1.43. The smallest absolute Gasteiger partial charge is 0.319 e. The van der Waals surface area contributed by atoms with Gasteiger partial charge in [-0.25, -0.2) is 8.42 Å². The van der Waals surface area contributed by atoms with Gasteiger partial charge in [-0.1, -0.05) is 0 Å². The molecule has 0 unspecified atom stereocenters. The second-order valence-corrected chi connectivity index (χ2v) is 7.66. The summed E-state index contributed by atoms with van der Waals surface area (Å²) in [5.41, 5.74) is -1.81. The highest BCUT2D eigenvalue weighted by Crippen LogP contribution is 2.33. The predicted molar refractivity (Wildman–Crippen MR) is 81.6 cm³/mol. The molecule has 2 rings (SSSR count). The maximum absolute atomic E-state index is 12.8. The lowest BCUT2D eigenvalue weighted by Crippen LogP contribution is -2.40. The Morgan fingerprint density at radius 1 is 1.33 bits per heavy atom. The Labute approximate surface area is 139 Å². The van der Waals surface area contributed by atoms with E-state index in [9.17, 15) is 21.6 Å². The van der Waals surface area contributed by atoms with Crippen LogP contribution in [0.4, 0.5) is 13.2 Å². The van der Waals surface area contributed by atoms with Crippen molar-refractivity contribution in [3.8, 4) is 6.07 Å². The summed E-state index contributed by atoms with van der Waals surface area (Å²) in [7, 11) is -2.07. The molecule has 0 atom stereocenters. The molecule has 1 heterocycles. The van der Waals surface area contributed by atoms with E-state index in [2.05, 4.69) is 5.32 Å². The second kappa shape index (κ2) is 7.09. The van der Waals surface area contributed by atoms with Crippen molar-refractivity contribution in [2.45, 2.75) is 23.9 Å². The SMILES string of the molecule is CNCC1CCN(S(=O)(=O)c2ccc(C(F)(F)F)c(C#N)c2)CC1. The first-order chi connectivity index (χ1) is 11.2. The molecule has 132 valence electrons. The summed E-state index contributed by atoms with van der Waals surface area (Å²) < 4.78 is 64.9. The molecular weight excluding hydrogens is 343 g/mol. The summed E-state index contributed by atoms with van der Waals surface area (Å²) in [5.74, 6) is 0.378. The Hall–Kier alpha value is -1.63. The van der Waals surface area contributed by atoms with Crippen LogP contribution in [-0.4, -0.2) is 39.4 Å². The lowest BCUT2D eigenvalue weighted by atomic mass is 9.98. The van der Waals surface area contributed by atoms with E-state index < -0.39 is 27.3 Å². The Balaban J connectivity index is 2.26. The number of nitriles is 1. The van der Waals surface area contributed by atoms with Crippen molar-refractivity contribution in [1.29, 1.82) is 5.26 Å². The van der Waals surface area contributed by atoms with Crippen molar-refractivity contribution in [2.75, 3.05) is 26.7 Å². The standard InChI is InChI=1S/C15H18F3N3O2S/c1-20-10-11-4-6-21(7-5-11)24(22,23)13-2-3-14(15(16,17)18)12(8-13)9-19/h2-3,8,11,20H,4-7,10H2,1H3. The highest BCUT2D eigenvalue weighted by Gasteiger charge is 2.35. The van der Waals surface area contributed by atoms with Crippen LogP contribution in [0.3, 0.4) is 0 Å². The van der Waals surface area contributed by atoms with Crippen molar-refractivity contribution in [1.82, 2.24) is 9.62 Å². The van der Waals surface area contributed by atoms with Gasteiger partial charge in [-0.05, 0) is 50.6 Å². The summed E-state index contributed by atoms with van der Waals surface area (Å²) >= 11 is 0. The van der Waals surface area contributed by atoms with Crippen LogP contribution in [0, 0.1) is 17.2 Å². The van der Waals surface area contributed by atoms with Crippen molar-refractivity contribution in [3.63, 3.8) is 0 Å². The van der Waals surface area contributed by atoms with Crippen molar-refractivity contribution >= 4 is 10.0 Å². The van der Waals surface area contributed by atoms with Crippen molar-refractivity contribution in [3.05, 3.63) is 29.3 Å². The zero-order valence-electron chi connectivity index (χ0n) is 13.1. The van der Waals surface area contributed by atoms with Gasteiger partial charge in [0.1, 0.15) is 0 Å². The van der Waals surface area contributed by atoms with Crippen LogP contribution < -0.4 is 5.32 Å². The maximum atomic E-state index is 12.8. The van der Waals surface area contributed by atoms with Crippen LogP contribution in [0.15, 0.2) is 23.1 Å². The molecular formula is C15H18F3N3O2S. The molecule has 5 nitrogen and oxygen atoms in total. The summed E-state index contributed by atoms with van der Waals surface area (Å²) in [6, 6.07) is 3.80. The van der Waals surface area contributed by atoms with Gasteiger partial charge in [0.05, 0.1) is 22.1 Å². The number of nitrogens with zero attached hydrogens (tertiary/aromatic N) is 2. The number of halogens is 3. The zero-order valence-corrected chi connectivity index (χ0v) is 13.9. The van der Waals surface area contributed by atoms with Crippen LogP contribution in [0.2, 0.25) is 0 Å². The molecule has 9 heteroatoms. The number of piperidine rings is 1. The average Bonchev–Trinajstić information content (AvgIpc) is 2.54. The number of hydrogen-bond acceptors (Lipinski definition) is 4. The van der Waals surface area contributed by atoms with E-state index >= 15 is 0 Å². The number of benzene rings is 1. The van der Waals surface area contributed by atoms with Gasteiger partial charge in [-0.3, -0.25) is 0 Å². The molecule has 1 saturated heterocycles. The molecule has 1 aliphatic rings. The average molecular weight is 361 g/mol. The van der Waals surface area contributed by atoms with Gasteiger partial charge in [0.2, 0.25) is 10.0 Å². The van der Waals surface area contributed by atoms with E-state index in [1.54, 1.807) is 0 Å². The van der Waals surface area contributed by atoms with Crippen molar-refractivity contribution < 1.29 is 21.6 Å². The third-order valence-electron chi connectivity index (χ3n) is 4.12. The van der Waals surface area contributed by atoms with E-state index in [0.29, 0.717) is 37.9 Å². The maximum Gasteiger partial charge on any atom is 0.417 e. The summed E-state index contributed by atoms with van der Waals surface area (Å²) in [5, 5.41) is 12.0. The van der Waals surface area contributed by atoms with E-state index in [1.165, 1.54) is 10.4 Å². The van der Waals surface area contributed by atoms with Gasteiger partial charge in [0.25, 0.3) is 0 Å². The van der Waals surface area contributed by atoms with Crippen molar-refractivity contribution in [2.24, 2.45) is 5.92 Å². The lowest BCUT2D eigenvalue weighted by molar-refractivity contribution is -0.137. The number of alkyl halides is 3. The topological polar surface area (TPSA) is 73.2 Å².